The highest BCUT2D eigenvalue weighted by atomic mass is 16.2. The number of carbonyl (C=O) groups excluding carboxylic acids is 2. The summed E-state index contributed by atoms with van der Waals surface area (Å²) < 4.78 is 2.00. The van der Waals surface area contributed by atoms with Gasteiger partial charge in [0.1, 0.15) is 0 Å². The SMILES string of the molecule is C[C@H](NC(=O)c1ccc2c(c1)nc1n2CCN(C2CCCCC2)C1=O)c1cccnc1. The van der Waals surface area contributed by atoms with Crippen LogP contribution in [-0.4, -0.2) is 43.8 Å². The summed E-state index contributed by atoms with van der Waals surface area (Å²) in [6.07, 6.45) is 9.30. The minimum Gasteiger partial charge on any atom is -0.345 e. The quantitative estimate of drug-likeness (QED) is 0.702. The molecule has 2 amide bonds. The van der Waals surface area contributed by atoms with Crippen molar-refractivity contribution in [2.75, 3.05) is 6.54 Å². The lowest BCUT2D eigenvalue weighted by atomic mass is 9.94. The van der Waals surface area contributed by atoms with E-state index in [0.717, 1.165) is 37.0 Å². The molecule has 1 aliphatic carbocycles. The summed E-state index contributed by atoms with van der Waals surface area (Å²) in [6, 6.07) is 9.47. The molecule has 1 N–H and O–H groups in total. The summed E-state index contributed by atoms with van der Waals surface area (Å²) in [7, 11) is 0. The van der Waals surface area contributed by atoms with E-state index in [1.54, 1.807) is 24.5 Å². The second-order valence-corrected chi connectivity index (χ2v) is 8.56. The fraction of sp³-hybridized carbons (Fsp3) is 0.417. The van der Waals surface area contributed by atoms with Crippen LogP contribution in [0.5, 0.6) is 0 Å². The zero-order valence-electron chi connectivity index (χ0n) is 17.8. The van der Waals surface area contributed by atoms with Gasteiger partial charge in [-0.25, -0.2) is 4.98 Å². The van der Waals surface area contributed by atoms with E-state index in [2.05, 4.69) is 15.3 Å². The standard InChI is InChI=1S/C24H27N5O2/c1-16(18-6-5-11-25-15-18)26-23(30)17-9-10-21-20(14-17)27-22-24(31)28(12-13-29(21)22)19-7-3-2-4-8-19/h5-6,9-11,14-16,19H,2-4,7-8,12-13H2,1H3,(H,26,30)/t16-/m0/s1. The molecule has 1 saturated carbocycles. The summed E-state index contributed by atoms with van der Waals surface area (Å²) in [5.74, 6) is 0.345. The van der Waals surface area contributed by atoms with Gasteiger partial charge in [-0.2, -0.15) is 0 Å². The molecule has 0 bridgehead atoms. The molecule has 5 rings (SSSR count). The summed E-state index contributed by atoms with van der Waals surface area (Å²) >= 11 is 0. The van der Waals surface area contributed by atoms with E-state index in [1.165, 1.54) is 19.3 Å². The van der Waals surface area contributed by atoms with Gasteiger partial charge in [0, 0.05) is 37.1 Å². The molecule has 1 fully saturated rings. The Labute approximate surface area is 181 Å². The van der Waals surface area contributed by atoms with Gasteiger partial charge >= 0.3 is 0 Å². The van der Waals surface area contributed by atoms with Crippen LogP contribution in [0.2, 0.25) is 0 Å². The largest absolute Gasteiger partial charge is 0.345 e. The van der Waals surface area contributed by atoms with Crippen LogP contribution < -0.4 is 5.32 Å². The molecular formula is C24H27N5O2. The Morgan fingerprint density at radius 2 is 2.00 bits per heavy atom. The molecule has 31 heavy (non-hydrogen) atoms. The molecular weight excluding hydrogens is 390 g/mol. The van der Waals surface area contributed by atoms with Crippen molar-refractivity contribution in [3.63, 3.8) is 0 Å². The molecule has 0 radical (unpaired) electrons. The summed E-state index contributed by atoms with van der Waals surface area (Å²) in [4.78, 5) is 36.7. The number of nitrogens with zero attached hydrogens (tertiary/aromatic N) is 4. The van der Waals surface area contributed by atoms with Crippen LogP contribution in [0, 0.1) is 0 Å². The van der Waals surface area contributed by atoms with Gasteiger partial charge in [-0.15, -0.1) is 0 Å². The number of benzene rings is 1. The first-order chi connectivity index (χ1) is 15.1. The third-order valence-corrected chi connectivity index (χ3v) is 6.57. The topological polar surface area (TPSA) is 80.1 Å². The molecule has 7 heteroatoms. The average molecular weight is 418 g/mol. The van der Waals surface area contributed by atoms with Crippen LogP contribution in [0.15, 0.2) is 42.7 Å². The number of hydrogen-bond donors (Lipinski definition) is 1. The minimum absolute atomic E-state index is 0.0190. The normalized spacial score (nSPS) is 18.1. The molecule has 7 nitrogen and oxygen atoms in total. The van der Waals surface area contributed by atoms with Crippen LogP contribution in [-0.2, 0) is 6.54 Å². The predicted molar refractivity (Wildman–Crippen MR) is 118 cm³/mol. The number of pyridine rings is 1. The van der Waals surface area contributed by atoms with Crippen LogP contribution in [0.4, 0.5) is 0 Å². The first-order valence-electron chi connectivity index (χ1n) is 11.1. The highest BCUT2D eigenvalue weighted by Crippen LogP contribution is 2.28. The molecule has 1 aliphatic heterocycles. The van der Waals surface area contributed by atoms with Crippen LogP contribution in [0.1, 0.15) is 71.6 Å². The van der Waals surface area contributed by atoms with E-state index < -0.39 is 0 Å². The molecule has 2 aliphatic rings. The van der Waals surface area contributed by atoms with E-state index in [1.807, 2.05) is 34.6 Å². The monoisotopic (exact) mass is 417 g/mol. The number of imidazole rings is 1. The summed E-state index contributed by atoms with van der Waals surface area (Å²) in [5, 5.41) is 3.01. The number of aromatic nitrogens is 3. The van der Waals surface area contributed by atoms with Crippen LogP contribution in [0.25, 0.3) is 11.0 Å². The van der Waals surface area contributed by atoms with Gasteiger partial charge < -0.3 is 14.8 Å². The van der Waals surface area contributed by atoms with Crippen molar-refractivity contribution in [2.45, 2.75) is 57.7 Å². The van der Waals surface area contributed by atoms with Gasteiger partial charge in [-0.05, 0) is 49.6 Å². The van der Waals surface area contributed by atoms with Crippen molar-refractivity contribution in [3.8, 4) is 0 Å². The smallest absolute Gasteiger partial charge is 0.290 e. The van der Waals surface area contributed by atoms with E-state index in [-0.39, 0.29) is 17.9 Å². The van der Waals surface area contributed by atoms with Gasteiger partial charge in [0.2, 0.25) is 0 Å². The highest BCUT2D eigenvalue weighted by Gasteiger charge is 2.33. The maximum absolute atomic E-state index is 13.2. The van der Waals surface area contributed by atoms with E-state index >= 15 is 0 Å². The second kappa shape index (κ2) is 8.13. The fourth-order valence-corrected chi connectivity index (χ4v) is 4.83. The average Bonchev–Trinajstić information content (AvgIpc) is 3.19. The first-order valence-corrected chi connectivity index (χ1v) is 11.1. The van der Waals surface area contributed by atoms with Gasteiger partial charge in [0.25, 0.3) is 11.8 Å². The Balaban J connectivity index is 1.38. The molecule has 3 aromatic rings. The van der Waals surface area contributed by atoms with E-state index in [0.29, 0.717) is 22.9 Å². The van der Waals surface area contributed by atoms with Gasteiger partial charge in [0.05, 0.1) is 17.1 Å². The molecule has 1 atom stereocenters. The number of carbonyl (C=O) groups is 2. The van der Waals surface area contributed by atoms with Crippen molar-refractivity contribution in [1.82, 2.24) is 24.8 Å². The molecule has 3 heterocycles. The lowest BCUT2D eigenvalue weighted by Gasteiger charge is -2.36. The number of nitrogens with one attached hydrogen (secondary N) is 1. The Morgan fingerprint density at radius 3 is 2.77 bits per heavy atom. The van der Waals surface area contributed by atoms with Gasteiger partial charge in [0.15, 0.2) is 5.82 Å². The molecule has 0 spiro atoms. The third-order valence-electron chi connectivity index (χ3n) is 6.57. The summed E-state index contributed by atoms with van der Waals surface area (Å²) in [6.45, 7) is 3.41. The number of rotatable bonds is 4. The maximum Gasteiger partial charge on any atom is 0.290 e. The van der Waals surface area contributed by atoms with Gasteiger partial charge in [-0.3, -0.25) is 14.6 Å². The number of amides is 2. The zero-order chi connectivity index (χ0) is 21.4. The summed E-state index contributed by atoms with van der Waals surface area (Å²) in [5.41, 5.74) is 3.08. The molecule has 160 valence electrons. The van der Waals surface area contributed by atoms with Gasteiger partial charge in [-0.1, -0.05) is 25.3 Å². The number of hydrogen-bond acceptors (Lipinski definition) is 4. The first kappa shape index (κ1) is 19.7. The Hall–Kier alpha value is -3.22. The zero-order valence-corrected chi connectivity index (χ0v) is 17.8. The van der Waals surface area contributed by atoms with E-state index in [9.17, 15) is 9.59 Å². The molecule has 2 aromatic heterocycles. The van der Waals surface area contributed by atoms with Crippen molar-refractivity contribution in [1.29, 1.82) is 0 Å². The Kier molecular flexibility index (Phi) is 5.18. The Bertz CT molecular complexity index is 1120. The maximum atomic E-state index is 13.2. The molecule has 0 unspecified atom stereocenters. The van der Waals surface area contributed by atoms with Crippen molar-refractivity contribution >= 4 is 22.8 Å². The molecule has 0 saturated heterocycles. The second-order valence-electron chi connectivity index (χ2n) is 8.56. The predicted octanol–water partition coefficient (Wildman–Crippen LogP) is 3.71. The molecule has 1 aromatic carbocycles. The van der Waals surface area contributed by atoms with Crippen molar-refractivity contribution in [3.05, 3.63) is 59.7 Å². The highest BCUT2D eigenvalue weighted by molar-refractivity contribution is 6.00. The van der Waals surface area contributed by atoms with Crippen LogP contribution in [0.3, 0.4) is 0 Å². The van der Waals surface area contributed by atoms with Crippen molar-refractivity contribution < 1.29 is 9.59 Å². The Morgan fingerprint density at radius 1 is 1.16 bits per heavy atom. The lowest BCUT2D eigenvalue weighted by molar-refractivity contribution is 0.0566. The minimum atomic E-state index is -0.167. The third kappa shape index (κ3) is 3.69. The van der Waals surface area contributed by atoms with Crippen LogP contribution >= 0.6 is 0 Å². The van der Waals surface area contributed by atoms with Crippen molar-refractivity contribution in [2.24, 2.45) is 0 Å². The lowest BCUT2D eigenvalue weighted by Crippen LogP contribution is -2.47. The van der Waals surface area contributed by atoms with E-state index in [4.69, 9.17) is 0 Å². The number of fused-ring (bicyclic) bond motifs is 3. The fourth-order valence-electron chi connectivity index (χ4n) is 4.83.